The SMILES string of the molecule is CCC[C@](C)(OCC)C(=O)Nc1cnc(OC)c(C)c1. The molecule has 1 aromatic heterocycles. The van der Waals surface area contributed by atoms with Crippen molar-refractivity contribution in [2.45, 2.75) is 46.1 Å². The zero-order chi connectivity index (χ0) is 15.2. The largest absolute Gasteiger partial charge is 0.481 e. The van der Waals surface area contributed by atoms with Crippen LogP contribution in [0.5, 0.6) is 5.88 Å². The van der Waals surface area contributed by atoms with Crippen LogP contribution in [-0.2, 0) is 9.53 Å². The van der Waals surface area contributed by atoms with Crippen molar-refractivity contribution in [3.05, 3.63) is 17.8 Å². The van der Waals surface area contributed by atoms with E-state index in [0.717, 1.165) is 12.0 Å². The molecule has 0 aliphatic rings. The van der Waals surface area contributed by atoms with Gasteiger partial charge in [-0.1, -0.05) is 13.3 Å². The van der Waals surface area contributed by atoms with Crippen LogP contribution in [0.15, 0.2) is 12.3 Å². The quantitative estimate of drug-likeness (QED) is 0.834. The molecule has 0 bridgehead atoms. The number of nitrogens with zero attached hydrogens (tertiary/aromatic N) is 1. The van der Waals surface area contributed by atoms with Crippen LogP contribution in [0, 0.1) is 6.92 Å². The van der Waals surface area contributed by atoms with Crippen molar-refractivity contribution in [2.24, 2.45) is 0 Å². The van der Waals surface area contributed by atoms with Crippen molar-refractivity contribution in [3.63, 3.8) is 0 Å². The first-order valence-corrected chi connectivity index (χ1v) is 6.92. The first kappa shape index (κ1) is 16.4. The normalized spacial score (nSPS) is 13.7. The summed E-state index contributed by atoms with van der Waals surface area (Å²) < 4.78 is 10.7. The van der Waals surface area contributed by atoms with Crippen molar-refractivity contribution in [1.82, 2.24) is 4.98 Å². The van der Waals surface area contributed by atoms with Gasteiger partial charge in [0.05, 0.1) is 19.0 Å². The molecule has 1 aromatic rings. The topological polar surface area (TPSA) is 60.5 Å². The summed E-state index contributed by atoms with van der Waals surface area (Å²) in [6.07, 6.45) is 3.14. The Hall–Kier alpha value is -1.62. The number of hydrogen-bond donors (Lipinski definition) is 1. The predicted octanol–water partition coefficient (Wildman–Crippen LogP) is 2.93. The van der Waals surface area contributed by atoms with Gasteiger partial charge in [0.15, 0.2) is 0 Å². The molecule has 1 rings (SSSR count). The molecule has 112 valence electrons. The van der Waals surface area contributed by atoms with Crippen LogP contribution < -0.4 is 10.1 Å². The van der Waals surface area contributed by atoms with Gasteiger partial charge >= 0.3 is 0 Å². The highest BCUT2D eigenvalue weighted by Gasteiger charge is 2.33. The zero-order valence-electron chi connectivity index (χ0n) is 12.9. The van der Waals surface area contributed by atoms with E-state index in [1.54, 1.807) is 13.3 Å². The third kappa shape index (κ3) is 3.93. The van der Waals surface area contributed by atoms with Gasteiger partial charge in [-0.25, -0.2) is 4.98 Å². The Bertz CT molecular complexity index is 454. The maximum Gasteiger partial charge on any atom is 0.256 e. The Morgan fingerprint density at radius 2 is 2.15 bits per heavy atom. The number of hydrogen-bond acceptors (Lipinski definition) is 4. The minimum absolute atomic E-state index is 0.146. The van der Waals surface area contributed by atoms with Crippen LogP contribution >= 0.6 is 0 Å². The molecule has 5 heteroatoms. The summed E-state index contributed by atoms with van der Waals surface area (Å²) in [5, 5.41) is 2.86. The molecule has 0 aliphatic heterocycles. The summed E-state index contributed by atoms with van der Waals surface area (Å²) >= 11 is 0. The summed E-state index contributed by atoms with van der Waals surface area (Å²) in [5.41, 5.74) is 0.714. The number of ether oxygens (including phenoxy) is 2. The lowest BCUT2D eigenvalue weighted by molar-refractivity contribution is -0.139. The zero-order valence-corrected chi connectivity index (χ0v) is 12.9. The van der Waals surface area contributed by atoms with Gasteiger partial charge in [0.2, 0.25) is 5.88 Å². The number of aryl methyl sites for hydroxylation is 1. The number of carbonyl (C=O) groups excluding carboxylic acids is 1. The van der Waals surface area contributed by atoms with Crippen molar-refractivity contribution in [3.8, 4) is 5.88 Å². The standard InChI is InChI=1S/C15H24N2O3/c1-6-8-15(4,20-7-2)14(18)17-12-9-11(3)13(19-5)16-10-12/h9-10H,6-8H2,1-5H3,(H,17,18)/t15-/m0/s1. The average molecular weight is 280 g/mol. The van der Waals surface area contributed by atoms with Gasteiger partial charge in [0.1, 0.15) is 5.60 Å². The number of nitrogens with one attached hydrogen (secondary N) is 1. The second-order valence-electron chi connectivity index (χ2n) is 4.92. The third-order valence-corrected chi connectivity index (χ3v) is 3.15. The van der Waals surface area contributed by atoms with E-state index in [1.807, 2.05) is 33.8 Å². The van der Waals surface area contributed by atoms with Gasteiger partial charge in [-0.15, -0.1) is 0 Å². The van der Waals surface area contributed by atoms with E-state index in [9.17, 15) is 4.79 Å². The van der Waals surface area contributed by atoms with Crippen molar-refractivity contribution in [2.75, 3.05) is 19.0 Å². The Morgan fingerprint density at radius 1 is 1.45 bits per heavy atom. The second kappa shape index (κ2) is 7.24. The molecule has 5 nitrogen and oxygen atoms in total. The first-order chi connectivity index (χ1) is 9.46. The molecule has 0 saturated heterocycles. The fraction of sp³-hybridized carbons (Fsp3) is 0.600. The van der Waals surface area contributed by atoms with E-state index in [4.69, 9.17) is 9.47 Å². The summed E-state index contributed by atoms with van der Waals surface area (Å²) in [5.74, 6) is 0.414. The van der Waals surface area contributed by atoms with Gasteiger partial charge in [-0.3, -0.25) is 4.79 Å². The predicted molar refractivity (Wildman–Crippen MR) is 79.1 cm³/mol. The molecule has 0 aliphatic carbocycles. The maximum atomic E-state index is 12.4. The lowest BCUT2D eigenvalue weighted by Crippen LogP contribution is -2.42. The molecule has 20 heavy (non-hydrogen) atoms. The van der Waals surface area contributed by atoms with Crippen LogP contribution in [0.25, 0.3) is 0 Å². The maximum absolute atomic E-state index is 12.4. The van der Waals surface area contributed by atoms with Gasteiger partial charge in [-0.05, 0) is 33.3 Å². The van der Waals surface area contributed by atoms with E-state index in [1.165, 1.54) is 0 Å². The van der Waals surface area contributed by atoms with Crippen LogP contribution in [0.4, 0.5) is 5.69 Å². The molecule has 0 saturated carbocycles. The van der Waals surface area contributed by atoms with E-state index in [-0.39, 0.29) is 5.91 Å². The van der Waals surface area contributed by atoms with E-state index >= 15 is 0 Å². The highest BCUT2D eigenvalue weighted by atomic mass is 16.5. The molecule has 1 amide bonds. The van der Waals surface area contributed by atoms with Crippen LogP contribution in [-0.4, -0.2) is 30.2 Å². The fourth-order valence-electron chi connectivity index (χ4n) is 2.15. The highest BCUT2D eigenvalue weighted by molar-refractivity contribution is 5.97. The van der Waals surface area contributed by atoms with Crippen molar-refractivity contribution in [1.29, 1.82) is 0 Å². The lowest BCUT2D eigenvalue weighted by Gasteiger charge is -2.27. The monoisotopic (exact) mass is 280 g/mol. The summed E-state index contributed by atoms with van der Waals surface area (Å²) in [7, 11) is 1.57. The molecule has 0 aromatic carbocycles. The minimum atomic E-state index is -0.808. The number of pyridine rings is 1. The van der Waals surface area contributed by atoms with Crippen molar-refractivity contribution < 1.29 is 14.3 Å². The number of methoxy groups -OCH3 is 1. The molecule has 0 fully saturated rings. The Labute approximate surface area is 120 Å². The number of aromatic nitrogens is 1. The van der Waals surface area contributed by atoms with E-state index in [2.05, 4.69) is 10.3 Å². The van der Waals surface area contributed by atoms with E-state index in [0.29, 0.717) is 24.6 Å². The number of amides is 1. The summed E-state index contributed by atoms with van der Waals surface area (Å²) in [4.78, 5) is 16.5. The average Bonchev–Trinajstić information content (AvgIpc) is 2.39. The molecule has 0 unspecified atom stereocenters. The minimum Gasteiger partial charge on any atom is -0.481 e. The molecular formula is C15H24N2O3. The summed E-state index contributed by atoms with van der Waals surface area (Å²) in [6, 6.07) is 1.84. The van der Waals surface area contributed by atoms with Crippen molar-refractivity contribution >= 4 is 11.6 Å². The smallest absolute Gasteiger partial charge is 0.256 e. The second-order valence-corrected chi connectivity index (χ2v) is 4.92. The Morgan fingerprint density at radius 3 is 2.65 bits per heavy atom. The lowest BCUT2D eigenvalue weighted by atomic mass is 9.99. The van der Waals surface area contributed by atoms with Gasteiger partial charge in [0.25, 0.3) is 5.91 Å². The number of rotatable bonds is 7. The molecule has 0 spiro atoms. The molecule has 0 radical (unpaired) electrons. The third-order valence-electron chi connectivity index (χ3n) is 3.15. The number of carbonyl (C=O) groups is 1. The van der Waals surface area contributed by atoms with Crippen LogP contribution in [0.3, 0.4) is 0 Å². The van der Waals surface area contributed by atoms with Gasteiger partial charge in [0, 0.05) is 12.2 Å². The van der Waals surface area contributed by atoms with Gasteiger partial charge in [-0.2, -0.15) is 0 Å². The number of anilines is 1. The molecule has 1 N–H and O–H groups in total. The van der Waals surface area contributed by atoms with E-state index < -0.39 is 5.60 Å². The molecular weight excluding hydrogens is 256 g/mol. The Kier molecular flexibility index (Phi) is 5.95. The highest BCUT2D eigenvalue weighted by Crippen LogP contribution is 2.22. The molecule has 1 atom stereocenters. The Balaban J connectivity index is 2.85. The summed E-state index contributed by atoms with van der Waals surface area (Å²) in [6.45, 7) is 8.13. The first-order valence-electron chi connectivity index (χ1n) is 6.92. The van der Waals surface area contributed by atoms with Gasteiger partial charge < -0.3 is 14.8 Å². The van der Waals surface area contributed by atoms with Crippen LogP contribution in [0.2, 0.25) is 0 Å². The molecule has 1 heterocycles. The van der Waals surface area contributed by atoms with Crippen LogP contribution in [0.1, 0.15) is 39.2 Å². The fourth-order valence-corrected chi connectivity index (χ4v) is 2.15.